The number of nitrogens with zero attached hydrogens (tertiary/aromatic N) is 4. The predicted octanol–water partition coefficient (Wildman–Crippen LogP) is 4.38. The summed E-state index contributed by atoms with van der Waals surface area (Å²) in [7, 11) is 6.21. The van der Waals surface area contributed by atoms with Crippen LogP contribution < -0.4 is 9.62 Å². The Bertz CT molecular complexity index is 912. The van der Waals surface area contributed by atoms with E-state index in [9.17, 15) is 0 Å². The third kappa shape index (κ3) is 3.27. The number of anilines is 2. The standard InChI is InChI=1S/C20H25N5S/c1-23(2)16-8-6-7-15(13-16)17-14-24(3)20-19(17)18(9-10-21-20)22-26-25-11-4-5-12-25/h6-10,13-14H,4-5,11-12H2,1-3H3,(H,21,22). The quantitative estimate of drug-likeness (QED) is 0.677. The minimum Gasteiger partial charge on any atom is -0.378 e. The van der Waals surface area contributed by atoms with Crippen molar-refractivity contribution in [2.75, 3.05) is 36.8 Å². The fourth-order valence-corrected chi connectivity index (χ4v) is 4.29. The van der Waals surface area contributed by atoms with Gasteiger partial charge in [0.15, 0.2) is 0 Å². The van der Waals surface area contributed by atoms with E-state index >= 15 is 0 Å². The molecule has 1 aliphatic heterocycles. The predicted molar refractivity (Wildman–Crippen MR) is 112 cm³/mol. The lowest BCUT2D eigenvalue weighted by Crippen LogP contribution is -2.12. The highest BCUT2D eigenvalue weighted by atomic mass is 32.2. The summed E-state index contributed by atoms with van der Waals surface area (Å²) < 4.78 is 8.07. The second kappa shape index (κ2) is 7.21. The minimum absolute atomic E-state index is 1.00. The van der Waals surface area contributed by atoms with Crippen LogP contribution in [-0.4, -0.2) is 41.0 Å². The zero-order valence-corrected chi connectivity index (χ0v) is 16.4. The summed E-state index contributed by atoms with van der Waals surface area (Å²) in [6.07, 6.45) is 6.63. The van der Waals surface area contributed by atoms with Gasteiger partial charge < -0.3 is 14.2 Å². The Hall–Kier alpha value is -2.18. The van der Waals surface area contributed by atoms with Gasteiger partial charge in [0.05, 0.1) is 11.1 Å². The molecule has 1 N–H and O–H groups in total. The summed E-state index contributed by atoms with van der Waals surface area (Å²) >= 11 is 1.71. The van der Waals surface area contributed by atoms with E-state index in [1.165, 1.54) is 35.0 Å². The number of hydrogen-bond donors (Lipinski definition) is 1. The van der Waals surface area contributed by atoms with Gasteiger partial charge in [-0.05, 0) is 36.6 Å². The number of fused-ring (bicyclic) bond motifs is 1. The van der Waals surface area contributed by atoms with E-state index in [0.29, 0.717) is 0 Å². The summed E-state index contributed by atoms with van der Waals surface area (Å²) in [6, 6.07) is 10.7. The van der Waals surface area contributed by atoms with E-state index in [-0.39, 0.29) is 0 Å². The monoisotopic (exact) mass is 367 g/mol. The molecular formula is C20H25N5S. The smallest absolute Gasteiger partial charge is 0.142 e. The third-order valence-corrected chi connectivity index (χ3v) is 5.81. The van der Waals surface area contributed by atoms with Crippen molar-refractivity contribution in [2.45, 2.75) is 12.8 Å². The Kier molecular flexibility index (Phi) is 4.78. The molecule has 0 aliphatic carbocycles. The Morgan fingerprint density at radius 3 is 2.73 bits per heavy atom. The molecular weight excluding hydrogens is 342 g/mol. The fraction of sp³-hybridized carbons (Fsp3) is 0.350. The molecule has 1 saturated heterocycles. The molecule has 3 aromatic rings. The number of benzene rings is 1. The van der Waals surface area contributed by atoms with Crippen LogP contribution in [0.25, 0.3) is 22.2 Å². The molecule has 0 saturated carbocycles. The maximum absolute atomic E-state index is 4.61. The van der Waals surface area contributed by atoms with Crippen LogP contribution in [0.2, 0.25) is 0 Å². The second-order valence-electron chi connectivity index (χ2n) is 6.99. The number of nitrogens with one attached hydrogen (secondary N) is 1. The summed E-state index contributed by atoms with van der Waals surface area (Å²) in [5, 5.41) is 1.18. The lowest BCUT2D eigenvalue weighted by atomic mass is 10.0. The first-order valence-electron chi connectivity index (χ1n) is 9.03. The topological polar surface area (TPSA) is 36.3 Å². The lowest BCUT2D eigenvalue weighted by Gasteiger charge is -2.16. The number of pyridine rings is 1. The molecule has 4 rings (SSSR count). The molecule has 1 aromatic carbocycles. The highest BCUT2D eigenvalue weighted by Gasteiger charge is 2.17. The summed E-state index contributed by atoms with van der Waals surface area (Å²) in [6.45, 7) is 2.30. The first-order valence-corrected chi connectivity index (χ1v) is 9.80. The van der Waals surface area contributed by atoms with Crippen LogP contribution in [-0.2, 0) is 7.05 Å². The SMILES string of the molecule is CN(C)c1cccc(-c2cn(C)c3nccc(NSN4CCCC4)c23)c1. The molecule has 2 aromatic heterocycles. The van der Waals surface area contributed by atoms with Crippen LogP contribution in [0.15, 0.2) is 42.7 Å². The van der Waals surface area contributed by atoms with Crippen molar-refractivity contribution >= 4 is 34.5 Å². The van der Waals surface area contributed by atoms with Gasteiger partial charge in [-0.2, -0.15) is 0 Å². The van der Waals surface area contributed by atoms with Gasteiger partial charge in [0.25, 0.3) is 0 Å². The first kappa shape index (κ1) is 17.2. The minimum atomic E-state index is 1.00. The van der Waals surface area contributed by atoms with Gasteiger partial charge in [0, 0.05) is 70.0 Å². The molecule has 0 bridgehead atoms. The van der Waals surface area contributed by atoms with Crippen LogP contribution in [0.5, 0.6) is 0 Å². The van der Waals surface area contributed by atoms with Crippen molar-refractivity contribution in [3.8, 4) is 11.1 Å². The zero-order chi connectivity index (χ0) is 18.1. The maximum atomic E-state index is 4.61. The van der Waals surface area contributed by atoms with Crippen LogP contribution in [0, 0.1) is 0 Å². The normalized spacial score (nSPS) is 14.9. The van der Waals surface area contributed by atoms with E-state index in [0.717, 1.165) is 24.4 Å². The summed E-state index contributed by atoms with van der Waals surface area (Å²) in [5.74, 6) is 0. The molecule has 0 amide bonds. The third-order valence-electron chi connectivity index (χ3n) is 4.88. The lowest BCUT2D eigenvalue weighted by molar-refractivity contribution is 0.589. The molecule has 0 atom stereocenters. The average Bonchev–Trinajstić information content (AvgIpc) is 3.28. The van der Waals surface area contributed by atoms with Crippen molar-refractivity contribution in [3.63, 3.8) is 0 Å². The molecule has 3 heterocycles. The van der Waals surface area contributed by atoms with Crippen molar-refractivity contribution in [1.82, 2.24) is 13.9 Å². The van der Waals surface area contributed by atoms with Gasteiger partial charge in [-0.3, -0.25) is 0 Å². The van der Waals surface area contributed by atoms with E-state index in [1.807, 2.05) is 6.20 Å². The number of aromatic nitrogens is 2. The molecule has 1 fully saturated rings. The van der Waals surface area contributed by atoms with Gasteiger partial charge in [-0.15, -0.1) is 0 Å². The van der Waals surface area contributed by atoms with Gasteiger partial charge in [-0.1, -0.05) is 12.1 Å². The van der Waals surface area contributed by atoms with Crippen molar-refractivity contribution in [2.24, 2.45) is 7.05 Å². The average molecular weight is 368 g/mol. The van der Waals surface area contributed by atoms with Gasteiger partial charge >= 0.3 is 0 Å². The van der Waals surface area contributed by atoms with E-state index in [4.69, 9.17) is 0 Å². The molecule has 26 heavy (non-hydrogen) atoms. The molecule has 5 nitrogen and oxygen atoms in total. The van der Waals surface area contributed by atoms with E-state index < -0.39 is 0 Å². The van der Waals surface area contributed by atoms with Crippen LogP contribution >= 0.6 is 12.1 Å². The molecule has 0 spiro atoms. The zero-order valence-electron chi connectivity index (χ0n) is 15.6. The van der Waals surface area contributed by atoms with Crippen molar-refractivity contribution in [1.29, 1.82) is 0 Å². The van der Waals surface area contributed by atoms with Crippen LogP contribution in [0.3, 0.4) is 0 Å². The molecule has 6 heteroatoms. The first-order chi connectivity index (χ1) is 12.6. The molecule has 1 aliphatic rings. The van der Waals surface area contributed by atoms with Gasteiger partial charge in [-0.25, -0.2) is 9.29 Å². The van der Waals surface area contributed by atoms with Gasteiger partial charge in [0.2, 0.25) is 0 Å². The molecule has 0 radical (unpaired) electrons. The molecule has 0 unspecified atom stereocenters. The van der Waals surface area contributed by atoms with Gasteiger partial charge in [0.1, 0.15) is 5.65 Å². The number of aryl methyl sites for hydroxylation is 1. The van der Waals surface area contributed by atoms with Crippen molar-refractivity contribution < 1.29 is 0 Å². The van der Waals surface area contributed by atoms with Crippen LogP contribution in [0.4, 0.5) is 11.4 Å². The summed E-state index contributed by atoms with van der Waals surface area (Å²) in [4.78, 5) is 6.75. The Morgan fingerprint density at radius 2 is 1.96 bits per heavy atom. The summed E-state index contributed by atoms with van der Waals surface area (Å²) in [5.41, 5.74) is 5.75. The Balaban J connectivity index is 1.76. The van der Waals surface area contributed by atoms with Crippen LogP contribution in [0.1, 0.15) is 12.8 Å². The van der Waals surface area contributed by atoms with E-state index in [1.54, 1.807) is 12.1 Å². The number of hydrogen-bond acceptors (Lipinski definition) is 5. The van der Waals surface area contributed by atoms with E-state index in [2.05, 4.69) is 81.1 Å². The largest absolute Gasteiger partial charge is 0.378 e. The highest BCUT2D eigenvalue weighted by Crippen LogP contribution is 2.37. The Morgan fingerprint density at radius 1 is 1.15 bits per heavy atom. The molecule has 136 valence electrons. The fourth-order valence-electron chi connectivity index (χ4n) is 3.45. The highest BCUT2D eigenvalue weighted by molar-refractivity contribution is 7.98. The number of rotatable bonds is 5. The van der Waals surface area contributed by atoms with Crippen molar-refractivity contribution in [3.05, 3.63) is 42.7 Å². The Labute approximate surface area is 159 Å². The maximum Gasteiger partial charge on any atom is 0.142 e. The second-order valence-corrected chi connectivity index (χ2v) is 7.89.